The van der Waals surface area contributed by atoms with Crippen molar-refractivity contribution in [2.24, 2.45) is 0 Å². The number of fused-ring (bicyclic) bond motifs is 1. The molecule has 0 radical (unpaired) electrons. The molecular formula is C23H24N4O4S. The van der Waals surface area contributed by atoms with Gasteiger partial charge in [0.1, 0.15) is 16.7 Å². The molecule has 2 aromatic carbocycles. The Balaban J connectivity index is 1.95. The van der Waals surface area contributed by atoms with Gasteiger partial charge >= 0.3 is 5.97 Å². The lowest BCUT2D eigenvalue weighted by atomic mass is 10.1. The zero-order chi connectivity index (χ0) is 22.7. The highest BCUT2D eigenvalue weighted by Gasteiger charge is 2.26. The Morgan fingerprint density at radius 2 is 1.94 bits per heavy atom. The van der Waals surface area contributed by atoms with Crippen molar-refractivity contribution in [2.75, 3.05) is 21.3 Å². The first-order valence-electron chi connectivity index (χ1n) is 10.1. The smallest absolute Gasteiger partial charge is 0.319 e. The van der Waals surface area contributed by atoms with E-state index in [1.54, 1.807) is 14.2 Å². The molecule has 8 nitrogen and oxygen atoms in total. The van der Waals surface area contributed by atoms with Crippen LogP contribution in [0.5, 0.6) is 11.5 Å². The predicted octanol–water partition coefficient (Wildman–Crippen LogP) is 4.48. The van der Waals surface area contributed by atoms with Crippen LogP contribution in [0.15, 0.2) is 53.8 Å². The fourth-order valence-corrected chi connectivity index (χ4v) is 4.51. The lowest BCUT2D eigenvalue weighted by molar-refractivity contribution is -0.140. The summed E-state index contributed by atoms with van der Waals surface area (Å²) in [6.45, 7) is 1.93. The Kier molecular flexibility index (Phi) is 6.36. The number of hydrogen-bond acceptors (Lipinski definition) is 7. The first-order chi connectivity index (χ1) is 15.6. The zero-order valence-corrected chi connectivity index (χ0v) is 19.1. The first-order valence-corrected chi connectivity index (χ1v) is 11.0. The summed E-state index contributed by atoms with van der Waals surface area (Å²) in [7, 11) is 4.61. The van der Waals surface area contributed by atoms with Crippen LogP contribution in [0.4, 0.5) is 0 Å². The van der Waals surface area contributed by atoms with Gasteiger partial charge in [0.25, 0.3) is 0 Å². The molecule has 2 heterocycles. The Hall–Kier alpha value is -3.46. The van der Waals surface area contributed by atoms with Crippen molar-refractivity contribution in [3.63, 3.8) is 0 Å². The first kappa shape index (κ1) is 21.8. The number of nitrogens with zero attached hydrogens (tertiary/aromatic N) is 3. The molecule has 1 N–H and O–H groups in total. The third-order valence-electron chi connectivity index (χ3n) is 5.17. The number of carbonyl (C=O) groups excluding carboxylic acids is 1. The van der Waals surface area contributed by atoms with Crippen molar-refractivity contribution in [3.8, 4) is 28.6 Å². The number of esters is 1. The second kappa shape index (κ2) is 9.35. The van der Waals surface area contributed by atoms with Gasteiger partial charge in [-0.05, 0) is 24.6 Å². The summed E-state index contributed by atoms with van der Waals surface area (Å²) in [6, 6.07) is 13.5. The highest BCUT2D eigenvalue weighted by atomic mass is 32.2. The van der Waals surface area contributed by atoms with E-state index in [9.17, 15) is 4.79 Å². The number of aromatic nitrogens is 4. The second-order valence-electron chi connectivity index (χ2n) is 6.97. The fourth-order valence-electron chi connectivity index (χ4n) is 3.52. The van der Waals surface area contributed by atoms with Crippen LogP contribution in [0.1, 0.15) is 13.3 Å². The maximum atomic E-state index is 12.3. The molecule has 0 spiro atoms. The summed E-state index contributed by atoms with van der Waals surface area (Å²) in [6.07, 6.45) is 2.49. The summed E-state index contributed by atoms with van der Waals surface area (Å²) in [4.78, 5) is 15.6. The Labute approximate surface area is 189 Å². The van der Waals surface area contributed by atoms with E-state index in [4.69, 9.17) is 14.2 Å². The third-order valence-corrected chi connectivity index (χ3v) is 6.46. The maximum absolute atomic E-state index is 12.3. The standard InChI is InChI=1S/C23H24N4O4S/c1-5-20(22(28)31-4)32-23-26-25-21(16-13-24-17-9-7-6-8-15(16)17)27(23)18-12-14(29-2)10-11-19(18)30-3/h6-13,20,24H,5H2,1-4H3/t20-/m1/s1. The molecule has 4 rings (SSSR count). The number of thioether (sulfide) groups is 1. The van der Waals surface area contributed by atoms with Gasteiger partial charge in [0.15, 0.2) is 11.0 Å². The van der Waals surface area contributed by atoms with Crippen molar-refractivity contribution in [3.05, 3.63) is 48.7 Å². The highest BCUT2D eigenvalue weighted by molar-refractivity contribution is 8.00. The van der Waals surface area contributed by atoms with Gasteiger partial charge in [0, 0.05) is 28.7 Å². The Morgan fingerprint density at radius 1 is 1.12 bits per heavy atom. The van der Waals surface area contributed by atoms with Crippen LogP contribution < -0.4 is 9.47 Å². The number of ether oxygens (including phenoxy) is 3. The molecule has 0 fully saturated rings. The van der Waals surface area contributed by atoms with Gasteiger partial charge in [-0.2, -0.15) is 0 Å². The Morgan fingerprint density at radius 3 is 2.66 bits per heavy atom. The monoisotopic (exact) mass is 452 g/mol. The van der Waals surface area contributed by atoms with Crippen molar-refractivity contribution in [2.45, 2.75) is 23.8 Å². The average molecular weight is 453 g/mol. The van der Waals surface area contributed by atoms with Crippen molar-refractivity contribution < 1.29 is 19.0 Å². The zero-order valence-electron chi connectivity index (χ0n) is 18.3. The van der Waals surface area contributed by atoms with Crippen LogP contribution in [0, 0.1) is 0 Å². The number of carbonyl (C=O) groups is 1. The van der Waals surface area contributed by atoms with E-state index in [2.05, 4.69) is 15.2 Å². The van der Waals surface area contributed by atoms with E-state index in [0.29, 0.717) is 34.6 Å². The van der Waals surface area contributed by atoms with Gasteiger partial charge in [0.05, 0.1) is 27.0 Å². The molecule has 2 aromatic heterocycles. The number of H-pyrrole nitrogens is 1. The molecule has 0 aliphatic carbocycles. The number of para-hydroxylation sites is 1. The molecule has 0 saturated carbocycles. The molecule has 0 aliphatic rings. The number of aromatic amines is 1. The molecular weight excluding hydrogens is 428 g/mol. The molecule has 0 bridgehead atoms. The maximum Gasteiger partial charge on any atom is 0.319 e. The quantitative estimate of drug-likeness (QED) is 0.311. The summed E-state index contributed by atoms with van der Waals surface area (Å²) in [5, 5.41) is 10.1. The fraction of sp³-hybridized carbons (Fsp3) is 0.261. The summed E-state index contributed by atoms with van der Waals surface area (Å²) >= 11 is 1.31. The van der Waals surface area contributed by atoms with E-state index in [-0.39, 0.29) is 5.97 Å². The second-order valence-corrected chi connectivity index (χ2v) is 8.14. The van der Waals surface area contributed by atoms with Crippen LogP contribution in [-0.2, 0) is 9.53 Å². The van der Waals surface area contributed by atoms with E-state index >= 15 is 0 Å². The molecule has 9 heteroatoms. The van der Waals surface area contributed by atoms with Crippen LogP contribution in [0.25, 0.3) is 28.0 Å². The normalized spacial score (nSPS) is 12.0. The van der Waals surface area contributed by atoms with Gasteiger partial charge in [-0.3, -0.25) is 9.36 Å². The Bertz CT molecular complexity index is 1250. The van der Waals surface area contributed by atoms with Crippen molar-refractivity contribution in [1.29, 1.82) is 0 Å². The summed E-state index contributed by atoms with van der Waals surface area (Å²) in [5.74, 6) is 1.60. The van der Waals surface area contributed by atoms with E-state index in [1.165, 1.54) is 18.9 Å². The van der Waals surface area contributed by atoms with Gasteiger partial charge in [-0.1, -0.05) is 36.9 Å². The summed E-state index contributed by atoms with van der Waals surface area (Å²) in [5.41, 5.74) is 2.58. The predicted molar refractivity (Wildman–Crippen MR) is 124 cm³/mol. The van der Waals surface area contributed by atoms with Gasteiger partial charge < -0.3 is 19.2 Å². The number of benzene rings is 2. The number of nitrogens with one attached hydrogen (secondary N) is 1. The van der Waals surface area contributed by atoms with Gasteiger partial charge in [0.2, 0.25) is 0 Å². The molecule has 1 atom stereocenters. The minimum absolute atomic E-state index is 0.307. The molecule has 32 heavy (non-hydrogen) atoms. The lowest BCUT2D eigenvalue weighted by Gasteiger charge is -2.17. The molecule has 0 saturated heterocycles. The molecule has 0 amide bonds. The van der Waals surface area contributed by atoms with E-state index < -0.39 is 5.25 Å². The van der Waals surface area contributed by atoms with E-state index in [1.807, 2.05) is 60.2 Å². The minimum Gasteiger partial charge on any atom is -0.497 e. The van der Waals surface area contributed by atoms with Gasteiger partial charge in [-0.15, -0.1) is 10.2 Å². The average Bonchev–Trinajstić information content (AvgIpc) is 3.45. The molecule has 4 aromatic rings. The van der Waals surface area contributed by atoms with E-state index in [0.717, 1.165) is 16.5 Å². The number of hydrogen-bond donors (Lipinski definition) is 1. The summed E-state index contributed by atoms with van der Waals surface area (Å²) < 4.78 is 18.0. The van der Waals surface area contributed by atoms with Crippen LogP contribution in [0.3, 0.4) is 0 Å². The topological polar surface area (TPSA) is 91.3 Å². The van der Waals surface area contributed by atoms with Crippen LogP contribution in [0.2, 0.25) is 0 Å². The third kappa shape index (κ3) is 3.91. The molecule has 0 unspecified atom stereocenters. The molecule has 0 aliphatic heterocycles. The number of methoxy groups -OCH3 is 3. The lowest BCUT2D eigenvalue weighted by Crippen LogP contribution is -2.18. The minimum atomic E-state index is -0.421. The van der Waals surface area contributed by atoms with Crippen molar-refractivity contribution in [1.82, 2.24) is 19.7 Å². The highest BCUT2D eigenvalue weighted by Crippen LogP contribution is 2.38. The molecule has 166 valence electrons. The van der Waals surface area contributed by atoms with Crippen LogP contribution in [-0.4, -0.2) is 52.3 Å². The largest absolute Gasteiger partial charge is 0.497 e. The van der Waals surface area contributed by atoms with Crippen LogP contribution >= 0.6 is 11.8 Å². The van der Waals surface area contributed by atoms with Crippen molar-refractivity contribution >= 4 is 28.6 Å². The number of rotatable bonds is 8. The SMILES string of the molecule is CC[C@@H](Sc1nnc(-c2c[nH]c3ccccc23)n1-c1cc(OC)ccc1OC)C(=O)OC. The van der Waals surface area contributed by atoms with Gasteiger partial charge in [-0.25, -0.2) is 0 Å².